The van der Waals surface area contributed by atoms with Crippen LogP contribution in [0.5, 0.6) is 0 Å². The number of primary sulfonamides is 1. The van der Waals surface area contributed by atoms with E-state index in [0.29, 0.717) is 16.8 Å². The van der Waals surface area contributed by atoms with Crippen LogP contribution in [0, 0.1) is 0 Å². The molecule has 0 spiro atoms. The number of hydrogen-bond acceptors (Lipinski definition) is 4. The number of rotatable bonds is 2. The molecule has 0 unspecified atom stereocenters. The zero-order valence-corrected chi connectivity index (χ0v) is 11.8. The Balaban J connectivity index is 2.29. The van der Waals surface area contributed by atoms with Crippen molar-refractivity contribution in [2.45, 2.75) is 4.90 Å². The lowest BCUT2D eigenvalue weighted by Crippen LogP contribution is -2.13. The summed E-state index contributed by atoms with van der Waals surface area (Å²) in [5.41, 5.74) is 8.20. The molecule has 0 bridgehead atoms. The predicted molar refractivity (Wildman–Crippen MR) is 83.0 cm³/mol. The molecule has 0 amide bonds. The van der Waals surface area contributed by atoms with Crippen LogP contribution in [0.2, 0.25) is 0 Å². The Morgan fingerprint density at radius 1 is 1.00 bits per heavy atom. The molecular weight excluding hydrogens is 286 g/mol. The normalized spacial score (nSPS) is 11.7. The Labute approximate surface area is 122 Å². The first-order chi connectivity index (χ1) is 9.95. The van der Waals surface area contributed by atoms with Crippen LogP contribution < -0.4 is 10.9 Å². The molecule has 3 rings (SSSR count). The quantitative estimate of drug-likeness (QED) is 0.708. The highest BCUT2D eigenvalue weighted by Gasteiger charge is 2.15. The molecule has 106 valence electrons. The van der Waals surface area contributed by atoms with Crippen LogP contribution in [0.1, 0.15) is 0 Å². The molecule has 0 aliphatic rings. The SMILES string of the molecule is Nc1ccc(S(N)(=O)=O)c(-c2ccc3cccnc3c2)c1. The third kappa shape index (κ3) is 2.58. The van der Waals surface area contributed by atoms with Crippen LogP contribution in [0.15, 0.2) is 59.6 Å². The number of nitrogen functional groups attached to an aromatic ring is 1. The van der Waals surface area contributed by atoms with Crippen molar-refractivity contribution in [3.05, 3.63) is 54.7 Å². The summed E-state index contributed by atoms with van der Waals surface area (Å²) in [4.78, 5) is 4.32. The highest BCUT2D eigenvalue weighted by atomic mass is 32.2. The maximum atomic E-state index is 11.7. The van der Waals surface area contributed by atoms with Crippen molar-refractivity contribution in [1.82, 2.24) is 4.98 Å². The summed E-state index contributed by atoms with van der Waals surface area (Å²) in [6.07, 6.45) is 1.69. The molecule has 0 radical (unpaired) electrons. The summed E-state index contributed by atoms with van der Waals surface area (Å²) >= 11 is 0. The van der Waals surface area contributed by atoms with E-state index in [-0.39, 0.29) is 4.90 Å². The second-order valence-electron chi connectivity index (χ2n) is 4.71. The maximum Gasteiger partial charge on any atom is 0.238 e. The Morgan fingerprint density at radius 2 is 1.81 bits per heavy atom. The van der Waals surface area contributed by atoms with E-state index < -0.39 is 10.0 Å². The first-order valence-corrected chi connectivity index (χ1v) is 7.77. The van der Waals surface area contributed by atoms with Crippen molar-refractivity contribution in [2.24, 2.45) is 5.14 Å². The third-order valence-corrected chi connectivity index (χ3v) is 4.20. The van der Waals surface area contributed by atoms with Crippen LogP contribution in [0.3, 0.4) is 0 Å². The van der Waals surface area contributed by atoms with Gasteiger partial charge in [0, 0.05) is 22.8 Å². The Kier molecular flexibility index (Phi) is 3.12. The molecule has 6 heteroatoms. The summed E-state index contributed by atoms with van der Waals surface area (Å²) in [6.45, 7) is 0. The average molecular weight is 299 g/mol. The third-order valence-electron chi connectivity index (χ3n) is 3.23. The standard InChI is InChI=1S/C15H13N3O2S/c16-12-5-6-15(21(17,19)20)13(9-12)11-4-3-10-2-1-7-18-14(10)8-11/h1-9H,16H2,(H2,17,19,20). The van der Waals surface area contributed by atoms with Gasteiger partial charge in [-0.2, -0.15) is 0 Å². The molecule has 0 saturated heterocycles. The van der Waals surface area contributed by atoms with Crippen molar-refractivity contribution in [1.29, 1.82) is 0 Å². The first kappa shape index (κ1) is 13.5. The van der Waals surface area contributed by atoms with Gasteiger partial charge in [-0.15, -0.1) is 0 Å². The number of nitrogens with two attached hydrogens (primary N) is 2. The van der Waals surface area contributed by atoms with Gasteiger partial charge in [-0.25, -0.2) is 13.6 Å². The summed E-state index contributed by atoms with van der Waals surface area (Å²) in [6, 6.07) is 13.8. The van der Waals surface area contributed by atoms with Crippen LogP contribution >= 0.6 is 0 Å². The predicted octanol–water partition coefficient (Wildman–Crippen LogP) is 2.13. The minimum absolute atomic E-state index is 0.0481. The van der Waals surface area contributed by atoms with Crippen LogP contribution in [-0.4, -0.2) is 13.4 Å². The van der Waals surface area contributed by atoms with Gasteiger partial charge in [0.05, 0.1) is 10.4 Å². The number of sulfonamides is 1. The number of anilines is 1. The van der Waals surface area contributed by atoms with E-state index in [9.17, 15) is 8.42 Å². The fourth-order valence-corrected chi connectivity index (χ4v) is 3.00. The minimum atomic E-state index is -3.83. The monoisotopic (exact) mass is 299 g/mol. The Bertz CT molecular complexity index is 937. The van der Waals surface area contributed by atoms with E-state index in [0.717, 1.165) is 10.9 Å². The van der Waals surface area contributed by atoms with Gasteiger partial charge in [-0.3, -0.25) is 4.98 Å². The largest absolute Gasteiger partial charge is 0.399 e. The van der Waals surface area contributed by atoms with Crippen molar-refractivity contribution >= 4 is 26.6 Å². The van der Waals surface area contributed by atoms with Gasteiger partial charge >= 0.3 is 0 Å². The summed E-state index contributed by atoms with van der Waals surface area (Å²) in [5, 5.41) is 6.25. The average Bonchev–Trinajstić information content (AvgIpc) is 2.45. The number of fused-ring (bicyclic) bond motifs is 1. The van der Waals surface area contributed by atoms with Gasteiger partial charge in [0.25, 0.3) is 0 Å². The Morgan fingerprint density at radius 3 is 2.57 bits per heavy atom. The molecule has 0 aliphatic heterocycles. The second-order valence-corrected chi connectivity index (χ2v) is 6.24. The summed E-state index contributed by atoms with van der Waals surface area (Å²) in [7, 11) is -3.83. The lowest BCUT2D eigenvalue weighted by Gasteiger charge is -2.10. The second kappa shape index (κ2) is 4.83. The van der Waals surface area contributed by atoms with Gasteiger partial charge in [-0.05, 0) is 35.9 Å². The maximum absolute atomic E-state index is 11.7. The number of hydrogen-bond donors (Lipinski definition) is 2. The molecule has 2 aromatic carbocycles. The first-order valence-electron chi connectivity index (χ1n) is 6.23. The molecule has 3 aromatic rings. The fourth-order valence-electron chi connectivity index (χ4n) is 2.26. The zero-order chi connectivity index (χ0) is 15.0. The van der Waals surface area contributed by atoms with E-state index in [1.807, 2.05) is 30.3 Å². The zero-order valence-electron chi connectivity index (χ0n) is 11.0. The van der Waals surface area contributed by atoms with Gasteiger partial charge < -0.3 is 5.73 Å². The molecule has 1 aromatic heterocycles. The van der Waals surface area contributed by atoms with Gasteiger partial charge in [0.1, 0.15) is 0 Å². The summed E-state index contributed by atoms with van der Waals surface area (Å²) < 4.78 is 23.4. The number of aromatic nitrogens is 1. The molecule has 21 heavy (non-hydrogen) atoms. The molecule has 0 atom stereocenters. The topological polar surface area (TPSA) is 99.1 Å². The lowest BCUT2D eigenvalue weighted by molar-refractivity contribution is 0.598. The highest BCUT2D eigenvalue weighted by Crippen LogP contribution is 2.30. The highest BCUT2D eigenvalue weighted by molar-refractivity contribution is 7.89. The van der Waals surface area contributed by atoms with Crippen LogP contribution in [0.4, 0.5) is 5.69 Å². The van der Waals surface area contributed by atoms with E-state index in [1.165, 1.54) is 12.1 Å². The molecule has 5 nitrogen and oxygen atoms in total. The van der Waals surface area contributed by atoms with Crippen LogP contribution in [-0.2, 0) is 10.0 Å². The van der Waals surface area contributed by atoms with E-state index in [4.69, 9.17) is 10.9 Å². The van der Waals surface area contributed by atoms with Crippen molar-refractivity contribution in [3.8, 4) is 11.1 Å². The molecule has 0 aliphatic carbocycles. The Hall–Kier alpha value is -2.44. The number of nitrogens with zero attached hydrogens (tertiary/aromatic N) is 1. The smallest absolute Gasteiger partial charge is 0.238 e. The van der Waals surface area contributed by atoms with Gasteiger partial charge in [0.2, 0.25) is 10.0 Å². The van der Waals surface area contributed by atoms with Crippen molar-refractivity contribution in [2.75, 3.05) is 5.73 Å². The minimum Gasteiger partial charge on any atom is -0.399 e. The molecular formula is C15H13N3O2S. The molecule has 0 saturated carbocycles. The van der Waals surface area contributed by atoms with Gasteiger partial charge in [-0.1, -0.05) is 18.2 Å². The van der Waals surface area contributed by atoms with Crippen LogP contribution in [0.25, 0.3) is 22.0 Å². The van der Waals surface area contributed by atoms with E-state index >= 15 is 0 Å². The molecule has 4 N–H and O–H groups in total. The number of benzene rings is 2. The molecule has 1 heterocycles. The molecule has 0 fully saturated rings. The fraction of sp³-hybridized carbons (Fsp3) is 0. The van der Waals surface area contributed by atoms with Gasteiger partial charge in [0.15, 0.2) is 0 Å². The number of pyridine rings is 1. The van der Waals surface area contributed by atoms with Crippen molar-refractivity contribution < 1.29 is 8.42 Å². The van der Waals surface area contributed by atoms with E-state index in [2.05, 4.69) is 4.98 Å². The lowest BCUT2D eigenvalue weighted by atomic mass is 10.0. The van der Waals surface area contributed by atoms with Crippen molar-refractivity contribution in [3.63, 3.8) is 0 Å². The summed E-state index contributed by atoms with van der Waals surface area (Å²) in [5.74, 6) is 0. The van der Waals surface area contributed by atoms with E-state index in [1.54, 1.807) is 12.3 Å².